The van der Waals surface area contributed by atoms with Crippen LogP contribution in [0.1, 0.15) is 21.7 Å². The fourth-order valence-corrected chi connectivity index (χ4v) is 5.17. The van der Waals surface area contributed by atoms with Gasteiger partial charge in [-0.3, -0.25) is 15.4 Å². The van der Waals surface area contributed by atoms with Crippen LogP contribution in [-0.4, -0.2) is 67.3 Å². The number of aromatic carboxylic acids is 1. The maximum atomic E-state index is 13.8. The topological polar surface area (TPSA) is 162 Å². The number of allylic oxidation sites excluding steroid dienone is 1. The molecule has 2 aromatic heterocycles. The van der Waals surface area contributed by atoms with Crippen LogP contribution in [0.2, 0.25) is 0 Å². The molecule has 38 heavy (non-hydrogen) atoms. The van der Waals surface area contributed by atoms with Crippen molar-refractivity contribution in [2.24, 2.45) is 7.05 Å². The lowest BCUT2D eigenvalue weighted by molar-refractivity contribution is -0.763. The van der Waals surface area contributed by atoms with E-state index in [9.17, 15) is 24.3 Å². The molecule has 4 heterocycles. The van der Waals surface area contributed by atoms with Crippen LogP contribution < -0.4 is 10.6 Å². The number of nitrogens with zero attached hydrogens (tertiary/aromatic N) is 4. The third-order valence-corrected chi connectivity index (χ3v) is 7.10. The van der Waals surface area contributed by atoms with Crippen molar-refractivity contribution >= 4 is 40.3 Å². The van der Waals surface area contributed by atoms with Gasteiger partial charge in [-0.15, -0.1) is 11.3 Å². The van der Waals surface area contributed by atoms with E-state index >= 15 is 0 Å². The van der Waals surface area contributed by atoms with Gasteiger partial charge in [0.1, 0.15) is 6.54 Å². The smallest absolute Gasteiger partial charge is 0.433 e. The normalized spacial score (nSPS) is 19.6. The number of urea groups is 1. The van der Waals surface area contributed by atoms with Gasteiger partial charge in [0, 0.05) is 30.7 Å². The predicted molar refractivity (Wildman–Crippen MR) is 131 cm³/mol. The fourth-order valence-electron chi connectivity index (χ4n) is 4.48. The zero-order valence-electron chi connectivity index (χ0n) is 20.1. The first kappa shape index (κ1) is 25.1. The van der Waals surface area contributed by atoms with Gasteiger partial charge in [-0.1, -0.05) is 34.8 Å². The SMILES string of the molecule is Cn1cncc1C[C@@H](C(=O)Nc1nc(C(=O)O)cs1)[N+]1(C2=C(Cc3ccccc3)OCO2)C(=O)CNC1=O. The van der Waals surface area contributed by atoms with E-state index in [1.54, 1.807) is 11.6 Å². The molecule has 0 bridgehead atoms. The van der Waals surface area contributed by atoms with Crippen molar-refractivity contribution in [3.63, 3.8) is 0 Å². The van der Waals surface area contributed by atoms with E-state index in [2.05, 4.69) is 20.6 Å². The average Bonchev–Trinajstić information content (AvgIpc) is 3.69. The predicted octanol–water partition coefficient (Wildman–Crippen LogP) is 1.61. The largest absolute Gasteiger partial charge is 0.476 e. The maximum absolute atomic E-state index is 13.8. The highest BCUT2D eigenvalue weighted by Crippen LogP contribution is 2.37. The van der Waals surface area contributed by atoms with Gasteiger partial charge in [-0.2, -0.15) is 0 Å². The number of hydrogen-bond acceptors (Lipinski definition) is 9. The summed E-state index contributed by atoms with van der Waals surface area (Å²) in [4.78, 5) is 60.3. The Morgan fingerprint density at radius 3 is 2.68 bits per heavy atom. The first-order chi connectivity index (χ1) is 18.3. The molecule has 1 fully saturated rings. The quantitative estimate of drug-likeness (QED) is 0.271. The van der Waals surface area contributed by atoms with Crippen molar-refractivity contribution in [1.82, 2.24) is 19.9 Å². The number of ether oxygens (including phenoxy) is 2. The van der Waals surface area contributed by atoms with Crippen LogP contribution in [0, 0.1) is 0 Å². The lowest BCUT2D eigenvalue weighted by atomic mass is 10.0. The van der Waals surface area contributed by atoms with Crippen molar-refractivity contribution in [1.29, 1.82) is 0 Å². The van der Waals surface area contributed by atoms with Gasteiger partial charge >= 0.3 is 23.8 Å². The number of amides is 4. The monoisotopic (exact) mass is 539 g/mol. The van der Waals surface area contributed by atoms with Crippen LogP contribution in [0.3, 0.4) is 0 Å². The minimum absolute atomic E-state index is 0.00897. The summed E-state index contributed by atoms with van der Waals surface area (Å²) in [5.74, 6) is -2.40. The summed E-state index contributed by atoms with van der Waals surface area (Å²) in [6.07, 6.45) is 3.22. The van der Waals surface area contributed by atoms with Crippen molar-refractivity contribution in [2.45, 2.75) is 18.9 Å². The summed E-state index contributed by atoms with van der Waals surface area (Å²) in [7, 11) is 1.72. The minimum Gasteiger partial charge on any atom is -0.476 e. The molecule has 14 heteroatoms. The zero-order chi connectivity index (χ0) is 26.9. The molecule has 0 saturated carbocycles. The third-order valence-electron chi connectivity index (χ3n) is 6.34. The van der Waals surface area contributed by atoms with E-state index < -0.39 is 34.3 Å². The molecule has 1 saturated heterocycles. The van der Waals surface area contributed by atoms with Gasteiger partial charge in [0.2, 0.25) is 12.6 Å². The molecule has 13 nitrogen and oxygen atoms in total. The van der Waals surface area contributed by atoms with Crippen molar-refractivity contribution in [3.8, 4) is 0 Å². The van der Waals surface area contributed by atoms with Crippen molar-refractivity contribution in [2.75, 3.05) is 18.7 Å². The number of benzene rings is 1. The van der Waals surface area contributed by atoms with Crippen LogP contribution in [0.25, 0.3) is 0 Å². The number of carboxylic acid groups (broad SMARTS) is 1. The van der Waals surface area contributed by atoms with E-state index in [4.69, 9.17) is 9.47 Å². The van der Waals surface area contributed by atoms with E-state index in [1.165, 1.54) is 17.9 Å². The highest BCUT2D eigenvalue weighted by molar-refractivity contribution is 7.14. The summed E-state index contributed by atoms with van der Waals surface area (Å²) in [6, 6.07) is 7.19. The molecule has 5 rings (SSSR count). The van der Waals surface area contributed by atoms with Crippen molar-refractivity contribution < 1.29 is 38.2 Å². The second-order valence-corrected chi connectivity index (χ2v) is 9.48. The lowest BCUT2D eigenvalue weighted by Crippen LogP contribution is -2.64. The summed E-state index contributed by atoms with van der Waals surface area (Å²) in [6.45, 7) is -0.549. The number of aromatic nitrogens is 3. The first-order valence-electron chi connectivity index (χ1n) is 11.5. The minimum atomic E-state index is -1.36. The highest BCUT2D eigenvalue weighted by atomic mass is 32.1. The number of rotatable bonds is 9. The van der Waals surface area contributed by atoms with E-state index in [0.29, 0.717) is 5.69 Å². The number of carbonyl (C=O) groups is 4. The Morgan fingerprint density at radius 2 is 2.05 bits per heavy atom. The molecule has 196 valence electrons. The number of nitrogens with one attached hydrogen (secondary N) is 2. The second kappa shape index (κ2) is 10.1. The highest BCUT2D eigenvalue weighted by Gasteiger charge is 2.65. The van der Waals surface area contributed by atoms with Gasteiger partial charge in [0.15, 0.2) is 16.9 Å². The maximum Gasteiger partial charge on any atom is 0.433 e. The first-order valence-corrected chi connectivity index (χ1v) is 12.4. The summed E-state index contributed by atoms with van der Waals surface area (Å²) < 4.78 is 12.1. The number of thiazole rings is 1. The molecule has 3 N–H and O–H groups in total. The number of hydrogen-bond donors (Lipinski definition) is 3. The molecule has 1 unspecified atom stereocenters. The fraction of sp³-hybridized carbons (Fsp3) is 0.250. The van der Waals surface area contributed by atoms with Crippen LogP contribution in [0.4, 0.5) is 9.93 Å². The Kier molecular flexibility index (Phi) is 6.65. The molecule has 0 spiro atoms. The number of carboxylic acids is 1. The number of aryl methyl sites for hydroxylation is 1. The van der Waals surface area contributed by atoms with Crippen molar-refractivity contribution in [3.05, 3.63) is 76.8 Å². The molecule has 2 atom stereocenters. The van der Waals surface area contributed by atoms with Gasteiger partial charge in [-0.25, -0.2) is 24.4 Å². The Balaban J connectivity index is 1.61. The molecule has 3 aromatic rings. The summed E-state index contributed by atoms with van der Waals surface area (Å²) in [5.41, 5.74) is 1.18. The molecule has 0 radical (unpaired) electrons. The van der Waals surface area contributed by atoms with E-state index in [1.807, 2.05) is 30.3 Å². The third kappa shape index (κ3) is 4.39. The molecule has 1 aromatic carbocycles. The molecule has 0 aliphatic carbocycles. The zero-order valence-corrected chi connectivity index (χ0v) is 20.9. The van der Waals surface area contributed by atoms with Gasteiger partial charge in [0.05, 0.1) is 12.7 Å². The Bertz CT molecular complexity index is 1430. The number of imide groups is 1. The van der Waals surface area contributed by atoms with Crippen LogP contribution in [-0.2, 0) is 39.0 Å². The van der Waals surface area contributed by atoms with Gasteiger partial charge < -0.3 is 19.1 Å². The summed E-state index contributed by atoms with van der Waals surface area (Å²) in [5, 5.41) is 15.6. The standard InChI is InChI=1S/C24H22N6O7S/c1-29-12-25-9-15(29)8-17(20(32)28-23-27-16(11-38-23)22(33)34)30(19(31)10-26-24(30)35)21-18(36-13-37-21)7-14-5-3-2-4-6-14/h2-6,9,11-12,17H,7-8,10,13H2,1H3,(H2-,26,27,28,32,33,34,35)/p+1/t17-,30?/m0/s1. The van der Waals surface area contributed by atoms with Crippen LogP contribution in [0.15, 0.2) is 59.9 Å². The van der Waals surface area contributed by atoms with E-state index in [-0.39, 0.29) is 48.6 Å². The number of imidazole rings is 1. The molecule has 4 amide bonds. The Hall–Kier alpha value is -4.56. The lowest BCUT2D eigenvalue weighted by Gasteiger charge is -2.33. The van der Waals surface area contributed by atoms with Crippen LogP contribution in [0.5, 0.6) is 0 Å². The van der Waals surface area contributed by atoms with E-state index in [0.717, 1.165) is 16.9 Å². The Morgan fingerprint density at radius 1 is 1.26 bits per heavy atom. The van der Waals surface area contributed by atoms with Gasteiger partial charge in [0.25, 0.3) is 5.91 Å². The molecular weight excluding hydrogens is 516 g/mol. The number of carbonyl (C=O) groups excluding carboxylic acids is 3. The molecular formula is C24H23N6O7S+. The molecule has 2 aliphatic heterocycles. The number of quaternary nitrogens is 1. The van der Waals surface area contributed by atoms with Crippen LogP contribution >= 0.6 is 11.3 Å². The second-order valence-electron chi connectivity index (χ2n) is 8.62. The average molecular weight is 540 g/mol. The molecule has 2 aliphatic rings. The van der Waals surface area contributed by atoms with Gasteiger partial charge in [-0.05, 0) is 5.56 Å². The number of anilines is 1. The summed E-state index contributed by atoms with van der Waals surface area (Å²) >= 11 is 0.911. The Labute approximate surface area is 219 Å².